The molecule has 29 heavy (non-hydrogen) atoms. The van der Waals surface area contributed by atoms with Crippen LogP contribution in [0.25, 0.3) is 0 Å². The van der Waals surface area contributed by atoms with Crippen LogP contribution in [0.4, 0.5) is 11.6 Å². The minimum Gasteiger partial charge on any atom is -0.366 e. The number of aromatic nitrogens is 2. The standard InChI is InChI=1S/C20H22N6O3/c21-18(27)15-3-4-17(23-12-15)25-7-9-26(10-8-25)20(29)14-5-6-22-16(11-14)24-19(28)13-1-2-13/h3-6,11-13H,1-2,7-10H2,(H2,21,27)(H,22,24,28). The average molecular weight is 394 g/mol. The van der Waals surface area contributed by atoms with Crippen molar-refractivity contribution >= 4 is 29.4 Å². The van der Waals surface area contributed by atoms with E-state index in [4.69, 9.17) is 5.73 Å². The molecule has 0 bridgehead atoms. The molecule has 0 radical (unpaired) electrons. The first-order chi connectivity index (χ1) is 14.0. The van der Waals surface area contributed by atoms with Crippen molar-refractivity contribution in [2.75, 3.05) is 36.4 Å². The summed E-state index contributed by atoms with van der Waals surface area (Å²) in [6, 6.07) is 6.69. The maximum atomic E-state index is 12.8. The fourth-order valence-electron chi connectivity index (χ4n) is 3.25. The molecule has 1 aliphatic heterocycles. The summed E-state index contributed by atoms with van der Waals surface area (Å²) in [6.07, 6.45) is 4.82. The van der Waals surface area contributed by atoms with Gasteiger partial charge in [0.1, 0.15) is 11.6 Å². The smallest absolute Gasteiger partial charge is 0.254 e. The highest BCUT2D eigenvalue weighted by molar-refractivity contribution is 5.97. The Morgan fingerprint density at radius 1 is 1.00 bits per heavy atom. The molecule has 2 aromatic heterocycles. The Morgan fingerprint density at radius 3 is 2.38 bits per heavy atom. The molecule has 1 aliphatic carbocycles. The van der Waals surface area contributed by atoms with Crippen LogP contribution in [0.1, 0.15) is 33.6 Å². The van der Waals surface area contributed by atoms with Crippen molar-refractivity contribution in [2.24, 2.45) is 11.7 Å². The van der Waals surface area contributed by atoms with Gasteiger partial charge in [0.15, 0.2) is 0 Å². The Balaban J connectivity index is 1.36. The van der Waals surface area contributed by atoms with Gasteiger partial charge in [0.05, 0.1) is 5.56 Å². The van der Waals surface area contributed by atoms with E-state index in [2.05, 4.69) is 20.2 Å². The lowest BCUT2D eigenvalue weighted by Gasteiger charge is -2.35. The van der Waals surface area contributed by atoms with E-state index in [1.54, 1.807) is 29.2 Å². The molecule has 0 spiro atoms. The fourth-order valence-corrected chi connectivity index (χ4v) is 3.25. The number of nitrogens with one attached hydrogen (secondary N) is 1. The zero-order valence-electron chi connectivity index (χ0n) is 15.9. The topological polar surface area (TPSA) is 122 Å². The van der Waals surface area contributed by atoms with E-state index in [9.17, 15) is 14.4 Å². The van der Waals surface area contributed by atoms with Crippen molar-refractivity contribution in [2.45, 2.75) is 12.8 Å². The van der Waals surface area contributed by atoms with Crippen LogP contribution in [0.3, 0.4) is 0 Å². The van der Waals surface area contributed by atoms with Gasteiger partial charge in [-0.25, -0.2) is 9.97 Å². The molecule has 0 aromatic carbocycles. The first-order valence-corrected chi connectivity index (χ1v) is 9.58. The van der Waals surface area contributed by atoms with E-state index in [1.165, 1.54) is 12.4 Å². The predicted molar refractivity (Wildman–Crippen MR) is 106 cm³/mol. The van der Waals surface area contributed by atoms with Crippen LogP contribution in [0.2, 0.25) is 0 Å². The molecule has 3 heterocycles. The van der Waals surface area contributed by atoms with E-state index < -0.39 is 5.91 Å². The van der Waals surface area contributed by atoms with Gasteiger partial charge in [-0.1, -0.05) is 0 Å². The number of anilines is 2. The molecule has 0 atom stereocenters. The van der Waals surface area contributed by atoms with Crippen molar-refractivity contribution in [1.82, 2.24) is 14.9 Å². The molecule has 2 aromatic rings. The number of nitrogens with zero attached hydrogens (tertiary/aromatic N) is 4. The first kappa shape index (κ1) is 18.9. The van der Waals surface area contributed by atoms with Gasteiger partial charge in [-0.2, -0.15) is 0 Å². The van der Waals surface area contributed by atoms with Crippen molar-refractivity contribution in [3.8, 4) is 0 Å². The molecule has 4 rings (SSSR count). The summed E-state index contributed by atoms with van der Waals surface area (Å²) in [6.45, 7) is 2.35. The molecule has 3 amide bonds. The van der Waals surface area contributed by atoms with Crippen molar-refractivity contribution < 1.29 is 14.4 Å². The summed E-state index contributed by atoms with van der Waals surface area (Å²) < 4.78 is 0. The molecular formula is C20H22N6O3. The number of carbonyl (C=O) groups excluding carboxylic acids is 3. The van der Waals surface area contributed by atoms with Gasteiger partial charge in [0, 0.05) is 50.1 Å². The SMILES string of the molecule is NC(=O)c1ccc(N2CCN(C(=O)c3ccnc(NC(=O)C4CC4)c3)CC2)nc1. The van der Waals surface area contributed by atoms with Gasteiger partial charge in [-0.05, 0) is 37.1 Å². The van der Waals surface area contributed by atoms with E-state index in [0.29, 0.717) is 43.1 Å². The molecule has 9 nitrogen and oxygen atoms in total. The lowest BCUT2D eigenvalue weighted by molar-refractivity contribution is -0.117. The number of hydrogen-bond acceptors (Lipinski definition) is 6. The zero-order valence-corrected chi connectivity index (χ0v) is 15.9. The van der Waals surface area contributed by atoms with Crippen LogP contribution in [0.5, 0.6) is 0 Å². The fraction of sp³-hybridized carbons (Fsp3) is 0.350. The Morgan fingerprint density at radius 2 is 1.76 bits per heavy atom. The van der Waals surface area contributed by atoms with Crippen molar-refractivity contribution in [3.63, 3.8) is 0 Å². The number of primary amides is 1. The zero-order chi connectivity index (χ0) is 20.4. The molecule has 1 saturated carbocycles. The van der Waals surface area contributed by atoms with Gasteiger partial charge < -0.3 is 20.9 Å². The van der Waals surface area contributed by atoms with E-state index >= 15 is 0 Å². The number of rotatable bonds is 5. The van der Waals surface area contributed by atoms with Gasteiger partial charge in [-0.15, -0.1) is 0 Å². The Labute approximate surface area is 167 Å². The molecule has 1 saturated heterocycles. The number of piperazine rings is 1. The lowest BCUT2D eigenvalue weighted by atomic mass is 10.2. The van der Waals surface area contributed by atoms with Crippen LogP contribution in [-0.2, 0) is 4.79 Å². The van der Waals surface area contributed by atoms with Crippen LogP contribution in [0, 0.1) is 5.92 Å². The molecule has 150 valence electrons. The summed E-state index contributed by atoms with van der Waals surface area (Å²) in [7, 11) is 0. The predicted octanol–water partition coefficient (Wildman–Crippen LogP) is 0.886. The Kier molecular flexibility index (Phi) is 5.11. The largest absolute Gasteiger partial charge is 0.366 e. The normalized spacial score (nSPS) is 16.4. The Bertz CT molecular complexity index is 933. The number of hydrogen-bond donors (Lipinski definition) is 2. The van der Waals surface area contributed by atoms with Gasteiger partial charge in [-0.3, -0.25) is 14.4 Å². The second-order valence-electron chi connectivity index (χ2n) is 7.24. The molecule has 9 heteroatoms. The third-order valence-electron chi connectivity index (χ3n) is 5.13. The first-order valence-electron chi connectivity index (χ1n) is 9.58. The maximum Gasteiger partial charge on any atom is 0.254 e. The summed E-state index contributed by atoms with van der Waals surface area (Å²) in [5.41, 5.74) is 6.11. The highest BCUT2D eigenvalue weighted by Gasteiger charge is 2.30. The lowest BCUT2D eigenvalue weighted by Crippen LogP contribution is -2.49. The monoisotopic (exact) mass is 394 g/mol. The highest BCUT2D eigenvalue weighted by atomic mass is 16.2. The van der Waals surface area contributed by atoms with Crippen molar-refractivity contribution in [3.05, 3.63) is 47.8 Å². The van der Waals surface area contributed by atoms with Gasteiger partial charge >= 0.3 is 0 Å². The Hall–Kier alpha value is -3.49. The number of nitrogens with two attached hydrogens (primary N) is 1. The molecular weight excluding hydrogens is 372 g/mol. The summed E-state index contributed by atoms with van der Waals surface area (Å²) in [5, 5.41) is 2.77. The molecule has 3 N–H and O–H groups in total. The number of pyridine rings is 2. The maximum absolute atomic E-state index is 12.8. The quantitative estimate of drug-likeness (QED) is 0.777. The van der Waals surface area contributed by atoms with Crippen molar-refractivity contribution in [1.29, 1.82) is 0 Å². The number of carbonyl (C=O) groups is 3. The highest BCUT2D eigenvalue weighted by Crippen LogP contribution is 2.30. The van der Waals surface area contributed by atoms with Crippen LogP contribution >= 0.6 is 0 Å². The van der Waals surface area contributed by atoms with Crippen LogP contribution < -0.4 is 16.0 Å². The molecule has 2 fully saturated rings. The van der Waals surface area contributed by atoms with E-state index in [1.807, 2.05) is 0 Å². The minimum absolute atomic E-state index is 0.0365. The average Bonchev–Trinajstić information content (AvgIpc) is 3.59. The van der Waals surface area contributed by atoms with Crippen LogP contribution in [0.15, 0.2) is 36.7 Å². The van der Waals surface area contributed by atoms with Gasteiger partial charge in [0.25, 0.3) is 5.91 Å². The summed E-state index contributed by atoms with van der Waals surface area (Å²) in [4.78, 5) is 48.2. The number of amides is 3. The van der Waals surface area contributed by atoms with E-state index in [0.717, 1.165) is 18.7 Å². The van der Waals surface area contributed by atoms with E-state index in [-0.39, 0.29) is 17.7 Å². The van der Waals surface area contributed by atoms with Gasteiger partial charge in [0.2, 0.25) is 11.8 Å². The third-order valence-corrected chi connectivity index (χ3v) is 5.13. The summed E-state index contributed by atoms with van der Waals surface area (Å²) in [5.74, 6) is 0.595. The molecule has 0 unspecified atom stereocenters. The van der Waals surface area contributed by atoms with Crippen LogP contribution in [-0.4, -0.2) is 58.8 Å². The summed E-state index contributed by atoms with van der Waals surface area (Å²) >= 11 is 0. The minimum atomic E-state index is -0.510. The molecule has 2 aliphatic rings. The second-order valence-corrected chi connectivity index (χ2v) is 7.24. The third kappa shape index (κ3) is 4.34. The second kappa shape index (κ2) is 7.86.